The summed E-state index contributed by atoms with van der Waals surface area (Å²) >= 11 is 4.38. The summed E-state index contributed by atoms with van der Waals surface area (Å²) in [7, 11) is 0. The molecule has 2 rings (SSSR count). The lowest BCUT2D eigenvalue weighted by molar-refractivity contribution is -0.120. The second-order valence-corrected chi connectivity index (χ2v) is 5.08. The van der Waals surface area contributed by atoms with Gasteiger partial charge in [-0.2, -0.15) is 13.2 Å². The van der Waals surface area contributed by atoms with Gasteiger partial charge in [0.05, 0.1) is 0 Å². The van der Waals surface area contributed by atoms with Crippen molar-refractivity contribution in [3.05, 3.63) is 9.98 Å². The molecule has 0 amide bonds. The van der Waals surface area contributed by atoms with Gasteiger partial charge < -0.3 is 4.90 Å². The van der Waals surface area contributed by atoms with Gasteiger partial charge in [-0.25, -0.2) is 4.98 Å². The first-order valence-electron chi connectivity index (χ1n) is 4.40. The predicted molar refractivity (Wildman–Crippen MR) is 56.2 cm³/mol. The van der Waals surface area contributed by atoms with Crippen LogP contribution in [0.25, 0.3) is 0 Å². The fourth-order valence-corrected chi connectivity index (χ4v) is 2.63. The van der Waals surface area contributed by atoms with E-state index in [0.29, 0.717) is 9.73 Å². The average molecular weight is 301 g/mol. The van der Waals surface area contributed by atoms with Crippen molar-refractivity contribution < 1.29 is 13.2 Å². The lowest BCUT2D eigenvalue weighted by atomic mass is 10.5. The number of anilines is 1. The minimum atomic E-state index is -4.17. The molecular weight excluding hydrogens is 293 g/mol. The Morgan fingerprint density at radius 2 is 2.20 bits per heavy atom. The first kappa shape index (κ1) is 11.2. The quantitative estimate of drug-likeness (QED) is 0.850. The Kier molecular flexibility index (Phi) is 2.94. The lowest BCUT2D eigenvalue weighted by Gasteiger charge is -2.22. The molecule has 1 aromatic rings. The number of alkyl halides is 3. The van der Waals surface area contributed by atoms with Gasteiger partial charge in [-0.15, -0.1) is 11.3 Å². The topological polar surface area (TPSA) is 16.1 Å². The third-order valence-corrected chi connectivity index (χ3v) is 3.63. The molecule has 1 heterocycles. The normalized spacial score (nSPS) is 16.8. The van der Waals surface area contributed by atoms with E-state index in [2.05, 4.69) is 20.9 Å². The van der Waals surface area contributed by atoms with Crippen molar-refractivity contribution in [3.63, 3.8) is 0 Å². The van der Waals surface area contributed by atoms with Gasteiger partial charge in [-0.3, -0.25) is 0 Å². The second-order valence-electron chi connectivity index (χ2n) is 3.43. The summed E-state index contributed by atoms with van der Waals surface area (Å²) in [4.78, 5) is 5.36. The zero-order valence-corrected chi connectivity index (χ0v) is 9.99. The lowest BCUT2D eigenvalue weighted by Crippen LogP contribution is -2.35. The molecule has 0 radical (unpaired) electrons. The van der Waals surface area contributed by atoms with E-state index in [0.717, 1.165) is 12.8 Å². The molecule has 1 saturated carbocycles. The number of nitrogens with zero attached hydrogens (tertiary/aromatic N) is 2. The summed E-state index contributed by atoms with van der Waals surface area (Å²) in [6.45, 7) is -0.905. The van der Waals surface area contributed by atoms with E-state index < -0.39 is 12.7 Å². The van der Waals surface area contributed by atoms with Crippen molar-refractivity contribution in [3.8, 4) is 0 Å². The number of halogens is 4. The van der Waals surface area contributed by atoms with Crippen LogP contribution in [0.5, 0.6) is 0 Å². The molecule has 0 bridgehead atoms. The molecule has 7 heteroatoms. The van der Waals surface area contributed by atoms with Gasteiger partial charge in [0.15, 0.2) is 5.13 Å². The number of thiazole rings is 1. The van der Waals surface area contributed by atoms with Crippen molar-refractivity contribution >= 4 is 32.4 Å². The van der Waals surface area contributed by atoms with Gasteiger partial charge in [0.25, 0.3) is 0 Å². The number of hydrogen-bond donors (Lipinski definition) is 0. The van der Waals surface area contributed by atoms with Crippen LogP contribution in [0.15, 0.2) is 9.98 Å². The Morgan fingerprint density at radius 3 is 2.60 bits per heavy atom. The number of hydrogen-bond acceptors (Lipinski definition) is 3. The monoisotopic (exact) mass is 300 g/mol. The molecule has 0 unspecified atom stereocenters. The SMILES string of the molecule is FC(F)(F)CN(c1nc(Br)cs1)C1CC1. The van der Waals surface area contributed by atoms with Crippen molar-refractivity contribution in [1.29, 1.82) is 0 Å². The molecular formula is C8H8BrF3N2S. The molecule has 1 aromatic heterocycles. The summed E-state index contributed by atoms with van der Waals surface area (Å²) in [6.07, 6.45) is -2.51. The molecule has 1 aliphatic carbocycles. The van der Waals surface area contributed by atoms with Crippen LogP contribution in [0.3, 0.4) is 0 Å². The third kappa shape index (κ3) is 3.07. The van der Waals surface area contributed by atoms with E-state index in [1.54, 1.807) is 5.38 Å². The van der Waals surface area contributed by atoms with Crippen molar-refractivity contribution in [2.24, 2.45) is 0 Å². The maximum Gasteiger partial charge on any atom is 0.406 e. The molecule has 0 spiro atoms. The van der Waals surface area contributed by atoms with Crippen LogP contribution in [-0.2, 0) is 0 Å². The molecule has 0 aliphatic heterocycles. The summed E-state index contributed by atoms with van der Waals surface area (Å²) in [5, 5.41) is 2.14. The summed E-state index contributed by atoms with van der Waals surface area (Å²) in [6, 6.07) is 0.0182. The fourth-order valence-electron chi connectivity index (χ4n) is 1.31. The van der Waals surface area contributed by atoms with Gasteiger partial charge in [0.1, 0.15) is 11.1 Å². The Balaban J connectivity index is 2.13. The van der Waals surface area contributed by atoms with Gasteiger partial charge >= 0.3 is 6.18 Å². The van der Waals surface area contributed by atoms with Crippen LogP contribution in [0, 0.1) is 0 Å². The Morgan fingerprint density at radius 1 is 1.53 bits per heavy atom. The molecule has 1 fully saturated rings. The minimum Gasteiger partial charge on any atom is -0.336 e. The zero-order chi connectivity index (χ0) is 11.1. The van der Waals surface area contributed by atoms with E-state index >= 15 is 0 Å². The fraction of sp³-hybridized carbons (Fsp3) is 0.625. The third-order valence-electron chi connectivity index (χ3n) is 2.05. The molecule has 0 saturated heterocycles. The van der Waals surface area contributed by atoms with Crippen LogP contribution in [-0.4, -0.2) is 23.7 Å². The van der Waals surface area contributed by atoms with Gasteiger partial charge in [-0.1, -0.05) is 0 Å². The van der Waals surface area contributed by atoms with Crippen LogP contribution in [0.1, 0.15) is 12.8 Å². The van der Waals surface area contributed by atoms with Crippen LogP contribution in [0.2, 0.25) is 0 Å². The number of rotatable bonds is 3. The van der Waals surface area contributed by atoms with Crippen molar-refractivity contribution in [1.82, 2.24) is 4.98 Å². The van der Waals surface area contributed by atoms with E-state index in [1.807, 2.05) is 0 Å². The van der Waals surface area contributed by atoms with E-state index in [4.69, 9.17) is 0 Å². The van der Waals surface area contributed by atoms with Crippen LogP contribution in [0.4, 0.5) is 18.3 Å². The van der Waals surface area contributed by atoms with E-state index in [9.17, 15) is 13.2 Å². The molecule has 15 heavy (non-hydrogen) atoms. The van der Waals surface area contributed by atoms with Crippen LogP contribution >= 0.6 is 27.3 Å². The molecule has 1 aliphatic rings. The Hall–Kier alpha value is -0.300. The van der Waals surface area contributed by atoms with Crippen molar-refractivity contribution in [2.45, 2.75) is 25.1 Å². The molecule has 0 atom stereocenters. The van der Waals surface area contributed by atoms with Gasteiger partial charge in [0, 0.05) is 11.4 Å². The van der Waals surface area contributed by atoms with Gasteiger partial charge in [-0.05, 0) is 28.8 Å². The maximum atomic E-state index is 12.3. The Bertz CT molecular complexity index is 348. The maximum absolute atomic E-state index is 12.3. The first-order chi connectivity index (χ1) is 6.96. The molecule has 0 N–H and O–H groups in total. The predicted octanol–water partition coefficient (Wildman–Crippen LogP) is 3.44. The highest BCUT2D eigenvalue weighted by Crippen LogP contribution is 2.36. The first-order valence-corrected chi connectivity index (χ1v) is 6.07. The smallest absolute Gasteiger partial charge is 0.336 e. The van der Waals surface area contributed by atoms with Gasteiger partial charge in [0.2, 0.25) is 0 Å². The summed E-state index contributed by atoms with van der Waals surface area (Å²) < 4.78 is 37.5. The summed E-state index contributed by atoms with van der Waals surface area (Å²) in [5.74, 6) is 0. The highest BCUT2D eigenvalue weighted by molar-refractivity contribution is 9.10. The van der Waals surface area contributed by atoms with Crippen LogP contribution < -0.4 is 4.90 Å². The molecule has 84 valence electrons. The largest absolute Gasteiger partial charge is 0.406 e. The summed E-state index contributed by atoms with van der Waals surface area (Å²) in [5.41, 5.74) is 0. The van der Waals surface area contributed by atoms with E-state index in [1.165, 1.54) is 16.2 Å². The average Bonchev–Trinajstić information content (AvgIpc) is 2.84. The zero-order valence-electron chi connectivity index (χ0n) is 7.59. The standard InChI is InChI=1S/C8H8BrF3N2S/c9-6-3-15-7(13-6)14(5-1-2-5)4-8(10,11)12/h3,5H,1-2,4H2. The molecule has 2 nitrogen and oxygen atoms in total. The highest BCUT2D eigenvalue weighted by Gasteiger charge is 2.39. The van der Waals surface area contributed by atoms with Crippen molar-refractivity contribution in [2.75, 3.05) is 11.4 Å². The highest BCUT2D eigenvalue weighted by atomic mass is 79.9. The second kappa shape index (κ2) is 3.93. The Labute approximate surface area is 97.2 Å². The minimum absolute atomic E-state index is 0.0182. The van der Waals surface area contributed by atoms with E-state index in [-0.39, 0.29) is 6.04 Å². The molecule has 0 aromatic carbocycles. The number of aromatic nitrogens is 1.